The van der Waals surface area contributed by atoms with Crippen molar-refractivity contribution in [3.05, 3.63) is 99.4 Å². The van der Waals surface area contributed by atoms with Gasteiger partial charge in [0, 0.05) is 34.5 Å². The number of rotatable bonds is 9. The molecule has 4 rings (SSSR count). The molecule has 0 aliphatic rings. The molecule has 0 radical (unpaired) electrons. The fourth-order valence-corrected chi connectivity index (χ4v) is 4.64. The average Bonchev–Trinajstić information content (AvgIpc) is 2.95. The molecule has 202 valence electrons. The van der Waals surface area contributed by atoms with Crippen LogP contribution in [0.25, 0.3) is 11.1 Å². The molecule has 0 saturated heterocycles. The fraction of sp³-hybridized carbons (Fsp3) is 0.172. The molecule has 3 aromatic carbocycles. The number of nitrogens with one attached hydrogen (secondary N) is 1. The summed E-state index contributed by atoms with van der Waals surface area (Å²) in [7, 11) is 3.13. The van der Waals surface area contributed by atoms with Crippen LogP contribution >= 0.6 is 23.2 Å². The Kier molecular flexibility index (Phi) is 8.79. The molecule has 0 spiro atoms. The van der Waals surface area contributed by atoms with E-state index in [4.69, 9.17) is 43.1 Å². The third-order valence-corrected chi connectivity index (χ3v) is 6.77. The molecule has 1 heterocycles. The Bertz CT molecular complexity index is 1500. The molecule has 0 aliphatic heterocycles. The molecule has 0 saturated carbocycles. The van der Waals surface area contributed by atoms with Gasteiger partial charge in [0.1, 0.15) is 11.9 Å². The molecule has 3 N–H and O–H groups in total. The van der Waals surface area contributed by atoms with Gasteiger partial charge in [-0.25, -0.2) is 9.37 Å². The molecule has 1 amide bonds. The second-order valence-corrected chi connectivity index (χ2v) is 9.36. The summed E-state index contributed by atoms with van der Waals surface area (Å²) in [6.45, 7) is 2.01. The van der Waals surface area contributed by atoms with Crippen LogP contribution in [-0.2, 0) is 6.54 Å². The minimum Gasteiger partial charge on any atom is -0.493 e. The number of nitrogens with two attached hydrogens (primary N) is 1. The molecular weight excluding hydrogens is 544 g/mol. The van der Waals surface area contributed by atoms with E-state index < -0.39 is 11.9 Å². The number of aromatic nitrogens is 1. The van der Waals surface area contributed by atoms with Gasteiger partial charge in [0.05, 0.1) is 19.2 Å². The van der Waals surface area contributed by atoms with Gasteiger partial charge in [0.25, 0.3) is 5.91 Å². The van der Waals surface area contributed by atoms with Crippen molar-refractivity contribution in [1.29, 1.82) is 0 Å². The smallest absolute Gasteiger partial charge is 0.251 e. The Labute approximate surface area is 235 Å². The van der Waals surface area contributed by atoms with E-state index in [1.165, 1.54) is 12.1 Å². The topological polar surface area (TPSA) is 95.7 Å². The highest BCUT2D eigenvalue weighted by Gasteiger charge is 2.20. The third kappa shape index (κ3) is 6.35. The fourth-order valence-electron chi connectivity index (χ4n) is 3.96. The first-order chi connectivity index (χ1) is 18.7. The molecule has 0 aliphatic carbocycles. The number of pyridine rings is 1. The number of carbonyl (C=O) groups is 1. The zero-order valence-electron chi connectivity index (χ0n) is 21.4. The summed E-state index contributed by atoms with van der Waals surface area (Å²) in [5.74, 6) is 0.816. The lowest BCUT2D eigenvalue weighted by Crippen LogP contribution is -2.22. The van der Waals surface area contributed by atoms with Gasteiger partial charge < -0.3 is 25.3 Å². The first-order valence-corrected chi connectivity index (χ1v) is 12.6. The summed E-state index contributed by atoms with van der Waals surface area (Å²) < 4.78 is 30.5. The van der Waals surface area contributed by atoms with Crippen LogP contribution in [0.5, 0.6) is 17.2 Å². The summed E-state index contributed by atoms with van der Waals surface area (Å²) in [6, 6.07) is 16.8. The SMILES string of the molecule is COc1ccc(CNC(=O)c2ccc(-c3cnc(N)c(OC(C)c4c(Cl)ccc(F)c4Cl)c3)cc2)cc1OC. The van der Waals surface area contributed by atoms with Gasteiger partial charge in [-0.3, -0.25) is 4.79 Å². The van der Waals surface area contributed by atoms with Crippen LogP contribution in [0.2, 0.25) is 10.0 Å². The quantitative estimate of drug-likeness (QED) is 0.214. The van der Waals surface area contributed by atoms with Crippen LogP contribution in [0, 0.1) is 5.82 Å². The van der Waals surface area contributed by atoms with Gasteiger partial charge in [-0.15, -0.1) is 0 Å². The number of anilines is 1. The molecule has 1 unspecified atom stereocenters. The van der Waals surface area contributed by atoms with Crippen molar-refractivity contribution in [3.8, 4) is 28.4 Å². The number of benzene rings is 3. The maximum Gasteiger partial charge on any atom is 0.251 e. The van der Waals surface area contributed by atoms with Crippen molar-refractivity contribution in [3.63, 3.8) is 0 Å². The van der Waals surface area contributed by atoms with E-state index in [1.54, 1.807) is 63.7 Å². The summed E-state index contributed by atoms with van der Waals surface area (Å²) in [5.41, 5.74) is 9.20. The third-order valence-electron chi connectivity index (χ3n) is 6.05. The summed E-state index contributed by atoms with van der Waals surface area (Å²) in [4.78, 5) is 16.9. The van der Waals surface area contributed by atoms with Crippen molar-refractivity contribution in [1.82, 2.24) is 10.3 Å². The Morgan fingerprint density at radius 2 is 1.69 bits per heavy atom. The minimum absolute atomic E-state index is 0.113. The molecule has 0 fully saturated rings. The number of nitrogen functional groups attached to an aromatic ring is 1. The van der Waals surface area contributed by atoms with Gasteiger partial charge >= 0.3 is 0 Å². The lowest BCUT2D eigenvalue weighted by atomic mass is 10.0. The largest absolute Gasteiger partial charge is 0.493 e. The highest BCUT2D eigenvalue weighted by molar-refractivity contribution is 6.36. The predicted molar refractivity (Wildman–Crippen MR) is 150 cm³/mol. The minimum atomic E-state index is -0.697. The molecule has 39 heavy (non-hydrogen) atoms. The standard InChI is InChI=1S/C29H26Cl2FN3O4/c1-16(26-21(30)9-10-22(32)27(26)31)39-25-13-20(15-34-28(25)33)18-5-7-19(8-6-18)29(36)35-14-17-4-11-23(37-2)24(12-17)38-3/h4-13,15-16H,14H2,1-3H3,(H2,33,34)(H,35,36). The van der Waals surface area contributed by atoms with Gasteiger partial charge in [0.2, 0.25) is 0 Å². The number of hydrogen-bond donors (Lipinski definition) is 2. The van der Waals surface area contributed by atoms with Crippen molar-refractivity contribution in [2.75, 3.05) is 20.0 Å². The highest BCUT2D eigenvalue weighted by atomic mass is 35.5. The van der Waals surface area contributed by atoms with Crippen LogP contribution in [-0.4, -0.2) is 25.1 Å². The number of methoxy groups -OCH3 is 2. The maximum absolute atomic E-state index is 14.0. The zero-order chi connectivity index (χ0) is 28.1. The lowest BCUT2D eigenvalue weighted by molar-refractivity contribution is 0.0951. The second kappa shape index (κ2) is 12.2. The van der Waals surface area contributed by atoms with Crippen molar-refractivity contribution in [2.24, 2.45) is 0 Å². The first-order valence-electron chi connectivity index (χ1n) is 11.9. The van der Waals surface area contributed by atoms with Gasteiger partial charge in [-0.2, -0.15) is 0 Å². The predicted octanol–water partition coefficient (Wildman–Crippen LogP) is 6.86. The lowest BCUT2D eigenvalue weighted by Gasteiger charge is -2.19. The number of carbonyl (C=O) groups excluding carboxylic acids is 1. The molecule has 1 aromatic heterocycles. The van der Waals surface area contributed by atoms with Gasteiger partial charge in [-0.1, -0.05) is 41.4 Å². The van der Waals surface area contributed by atoms with E-state index in [1.807, 2.05) is 12.1 Å². The maximum atomic E-state index is 14.0. The van der Waals surface area contributed by atoms with E-state index in [0.717, 1.165) is 11.1 Å². The van der Waals surface area contributed by atoms with Gasteiger partial charge in [-0.05, 0) is 60.5 Å². The van der Waals surface area contributed by atoms with Crippen LogP contribution in [0.3, 0.4) is 0 Å². The summed E-state index contributed by atoms with van der Waals surface area (Å²) >= 11 is 12.4. The first kappa shape index (κ1) is 28.0. The Morgan fingerprint density at radius 1 is 0.974 bits per heavy atom. The van der Waals surface area contributed by atoms with Gasteiger partial charge in [0.15, 0.2) is 23.1 Å². The highest BCUT2D eigenvalue weighted by Crippen LogP contribution is 2.37. The van der Waals surface area contributed by atoms with E-state index in [9.17, 15) is 9.18 Å². The molecule has 4 aromatic rings. The number of nitrogens with zero attached hydrogens (tertiary/aromatic N) is 1. The number of ether oxygens (including phenoxy) is 3. The Morgan fingerprint density at radius 3 is 2.38 bits per heavy atom. The van der Waals surface area contributed by atoms with Crippen molar-refractivity contribution >= 4 is 34.9 Å². The molecule has 10 heteroatoms. The summed E-state index contributed by atoms with van der Waals surface area (Å²) in [5, 5.41) is 3.06. The van der Waals surface area contributed by atoms with E-state index in [2.05, 4.69) is 10.3 Å². The monoisotopic (exact) mass is 569 g/mol. The van der Waals surface area contributed by atoms with Crippen LogP contribution < -0.4 is 25.3 Å². The molecular formula is C29H26Cl2FN3O4. The number of halogens is 3. The molecule has 1 atom stereocenters. The van der Waals surface area contributed by atoms with Crippen LogP contribution in [0.15, 0.2) is 66.9 Å². The van der Waals surface area contributed by atoms with Crippen LogP contribution in [0.1, 0.15) is 34.5 Å². The van der Waals surface area contributed by atoms with Crippen molar-refractivity contribution in [2.45, 2.75) is 19.6 Å². The zero-order valence-corrected chi connectivity index (χ0v) is 22.9. The average molecular weight is 570 g/mol. The molecule has 7 nitrogen and oxygen atoms in total. The Hall–Kier alpha value is -4.01. The van der Waals surface area contributed by atoms with E-state index in [-0.39, 0.29) is 27.5 Å². The van der Waals surface area contributed by atoms with Crippen molar-refractivity contribution < 1.29 is 23.4 Å². The second-order valence-electron chi connectivity index (χ2n) is 8.57. The summed E-state index contributed by atoms with van der Waals surface area (Å²) in [6.07, 6.45) is 0.901. The van der Waals surface area contributed by atoms with Crippen LogP contribution in [0.4, 0.5) is 10.2 Å². The van der Waals surface area contributed by atoms with E-state index in [0.29, 0.717) is 34.7 Å². The Balaban J connectivity index is 1.46. The number of hydrogen-bond acceptors (Lipinski definition) is 6. The number of amides is 1. The van der Waals surface area contributed by atoms with E-state index >= 15 is 0 Å². The normalized spacial score (nSPS) is 11.5. The molecule has 0 bridgehead atoms.